The van der Waals surface area contributed by atoms with Gasteiger partial charge in [-0.3, -0.25) is 4.79 Å². The third-order valence-electron chi connectivity index (χ3n) is 7.61. The van der Waals surface area contributed by atoms with Crippen molar-refractivity contribution in [2.24, 2.45) is 0 Å². The Morgan fingerprint density at radius 2 is 1.54 bits per heavy atom. The fourth-order valence-electron chi connectivity index (χ4n) is 5.13. The Balaban J connectivity index is 1.21. The van der Waals surface area contributed by atoms with Gasteiger partial charge in [0.05, 0.1) is 17.7 Å². The third kappa shape index (κ3) is 5.37. The van der Waals surface area contributed by atoms with Gasteiger partial charge >= 0.3 is 5.97 Å². The topological polar surface area (TPSA) is 82.3 Å². The quantitative estimate of drug-likeness (QED) is 0.179. The second kappa shape index (κ2) is 11.3. The van der Waals surface area contributed by atoms with E-state index in [2.05, 4.69) is 29.4 Å². The van der Waals surface area contributed by atoms with E-state index < -0.39 is 16.2 Å². The van der Waals surface area contributed by atoms with Crippen LogP contribution in [0.4, 0.5) is 0 Å². The molecule has 1 aliphatic carbocycles. The van der Waals surface area contributed by atoms with Gasteiger partial charge in [0.1, 0.15) is 15.8 Å². The zero-order chi connectivity index (χ0) is 28.4. The zero-order valence-electron chi connectivity index (χ0n) is 23.0. The first-order valence-corrected chi connectivity index (χ1v) is 14.9. The summed E-state index contributed by atoms with van der Waals surface area (Å²) in [6.07, 6.45) is 2.18. The maximum atomic E-state index is 13.0. The molecule has 1 unspecified atom stereocenters. The number of pyridine rings is 1. The van der Waals surface area contributed by atoms with Gasteiger partial charge in [-0.25, -0.2) is 9.19 Å². The maximum absolute atomic E-state index is 13.0. The Bertz CT molecular complexity index is 1710. The summed E-state index contributed by atoms with van der Waals surface area (Å²) >= 11 is 0. The van der Waals surface area contributed by atoms with Gasteiger partial charge in [0.2, 0.25) is 0 Å². The Morgan fingerprint density at radius 3 is 2.20 bits per heavy atom. The van der Waals surface area contributed by atoms with Gasteiger partial charge in [-0.15, -0.1) is 0 Å². The number of esters is 1. The molecule has 5 aromatic rings. The predicted octanol–water partition coefficient (Wildman–Crippen LogP) is 7.06. The fourth-order valence-corrected chi connectivity index (χ4v) is 6.18. The third-order valence-corrected chi connectivity index (χ3v) is 8.91. The smallest absolute Gasteiger partial charge is 0.316 e. The number of hydrogen-bond acceptors (Lipinski definition) is 6. The summed E-state index contributed by atoms with van der Waals surface area (Å²) in [6, 6.07) is 31.3. The van der Waals surface area contributed by atoms with Crippen molar-refractivity contribution < 1.29 is 18.3 Å². The van der Waals surface area contributed by atoms with Crippen molar-refractivity contribution in [3.8, 4) is 22.5 Å². The molecule has 0 amide bonds. The highest BCUT2D eigenvalue weighted by atomic mass is 32.2. The summed E-state index contributed by atoms with van der Waals surface area (Å²) < 4.78 is 24.1. The molecule has 7 heteroatoms. The van der Waals surface area contributed by atoms with Crippen molar-refractivity contribution >= 4 is 16.8 Å². The number of rotatable bonds is 9. The molecule has 1 saturated carbocycles. The van der Waals surface area contributed by atoms with E-state index in [0.717, 1.165) is 56.9 Å². The Hall–Kier alpha value is -4.36. The first kappa shape index (κ1) is 26.8. The monoisotopic (exact) mass is 562 g/mol. The standard InChI is InChI=1S/C34H30N2O4S/c1-3-39-33(37)34(20-21-34)27-18-16-25(17-19-27)24-12-14-26(15-13-24)32-30(23(2)36-40-32)22-28-8-7-11-31(35-28)41(38)29-9-5-4-6-10-29/h4-19H,3,20-22H2,1-2H3. The summed E-state index contributed by atoms with van der Waals surface area (Å²) in [7, 11) is -1.35. The van der Waals surface area contributed by atoms with E-state index in [0.29, 0.717) is 23.8 Å². The second-order valence-corrected chi connectivity index (χ2v) is 11.7. The summed E-state index contributed by atoms with van der Waals surface area (Å²) in [6.45, 7) is 4.16. The number of carbonyl (C=O) groups excluding carboxylic acids is 1. The second-order valence-electron chi connectivity index (χ2n) is 10.3. The lowest BCUT2D eigenvalue weighted by atomic mass is 9.93. The molecule has 0 radical (unpaired) electrons. The molecule has 41 heavy (non-hydrogen) atoms. The van der Waals surface area contributed by atoms with Crippen LogP contribution in [0.5, 0.6) is 0 Å². The van der Waals surface area contributed by atoms with Gasteiger partial charge in [0.15, 0.2) is 5.76 Å². The van der Waals surface area contributed by atoms with Gasteiger partial charge < -0.3 is 9.26 Å². The van der Waals surface area contributed by atoms with Gasteiger partial charge in [-0.2, -0.15) is 0 Å². The molecule has 206 valence electrons. The summed E-state index contributed by atoms with van der Waals surface area (Å²) in [4.78, 5) is 17.9. The molecule has 3 aromatic carbocycles. The van der Waals surface area contributed by atoms with Crippen LogP contribution >= 0.6 is 0 Å². The maximum Gasteiger partial charge on any atom is 0.316 e. The van der Waals surface area contributed by atoms with Gasteiger partial charge in [0.25, 0.3) is 0 Å². The molecule has 0 aliphatic heterocycles. The molecule has 0 spiro atoms. The SMILES string of the molecule is CCOC(=O)C1(c2ccc(-c3ccc(-c4onc(C)c4Cc4cccc(S(=O)c5ccccc5)n4)cc3)cc2)CC1. The lowest BCUT2D eigenvalue weighted by molar-refractivity contribution is -0.146. The number of aryl methyl sites for hydroxylation is 1. The highest BCUT2D eigenvalue weighted by Gasteiger charge is 2.52. The van der Waals surface area contributed by atoms with Crippen molar-refractivity contribution in [2.45, 2.75) is 48.4 Å². The summed E-state index contributed by atoms with van der Waals surface area (Å²) in [5.41, 5.74) is 6.15. The Morgan fingerprint density at radius 1 is 0.878 bits per heavy atom. The number of hydrogen-bond donors (Lipinski definition) is 0. The van der Waals surface area contributed by atoms with Crippen molar-refractivity contribution in [1.82, 2.24) is 10.1 Å². The van der Waals surface area contributed by atoms with E-state index in [1.54, 1.807) is 6.07 Å². The zero-order valence-corrected chi connectivity index (χ0v) is 23.8. The fraction of sp³-hybridized carbons (Fsp3) is 0.206. The average molecular weight is 563 g/mol. The Kier molecular flexibility index (Phi) is 7.37. The van der Waals surface area contributed by atoms with Crippen LogP contribution in [0, 0.1) is 6.92 Å². The molecule has 0 N–H and O–H groups in total. The van der Waals surface area contributed by atoms with E-state index in [-0.39, 0.29) is 5.97 Å². The number of ether oxygens (including phenoxy) is 1. The molecule has 1 atom stereocenters. The normalized spacial score (nSPS) is 14.4. The van der Waals surface area contributed by atoms with Crippen LogP contribution in [-0.2, 0) is 32.2 Å². The largest absolute Gasteiger partial charge is 0.465 e. The highest BCUT2D eigenvalue weighted by Crippen LogP contribution is 2.49. The molecular formula is C34H30N2O4S. The summed E-state index contributed by atoms with van der Waals surface area (Å²) in [5.74, 6) is 0.576. The van der Waals surface area contributed by atoms with Crippen LogP contribution in [-0.4, -0.2) is 26.9 Å². The molecular weight excluding hydrogens is 532 g/mol. The van der Waals surface area contributed by atoms with Gasteiger partial charge in [-0.1, -0.05) is 78.0 Å². The highest BCUT2D eigenvalue weighted by molar-refractivity contribution is 7.85. The minimum Gasteiger partial charge on any atom is -0.465 e. The van der Waals surface area contributed by atoms with Crippen LogP contribution < -0.4 is 0 Å². The van der Waals surface area contributed by atoms with Gasteiger partial charge in [-0.05, 0) is 67.6 Å². The Labute approximate surface area is 241 Å². The molecule has 1 aliphatic rings. The average Bonchev–Trinajstić information content (AvgIpc) is 3.76. The first-order chi connectivity index (χ1) is 20.0. The van der Waals surface area contributed by atoms with Crippen molar-refractivity contribution in [2.75, 3.05) is 6.61 Å². The van der Waals surface area contributed by atoms with E-state index in [1.807, 2.05) is 80.6 Å². The van der Waals surface area contributed by atoms with Crippen molar-refractivity contribution in [1.29, 1.82) is 0 Å². The van der Waals surface area contributed by atoms with Crippen LogP contribution in [0.25, 0.3) is 22.5 Å². The van der Waals surface area contributed by atoms with E-state index in [4.69, 9.17) is 14.2 Å². The molecule has 6 nitrogen and oxygen atoms in total. The van der Waals surface area contributed by atoms with Crippen LogP contribution in [0.15, 0.2) is 112 Å². The van der Waals surface area contributed by atoms with Crippen LogP contribution in [0.3, 0.4) is 0 Å². The number of nitrogens with zero attached hydrogens (tertiary/aromatic N) is 2. The van der Waals surface area contributed by atoms with E-state index in [9.17, 15) is 9.00 Å². The van der Waals surface area contributed by atoms with Crippen molar-refractivity contribution in [3.05, 3.63) is 120 Å². The molecule has 0 saturated heterocycles. The number of benzene rings is 3. The lowest BCUT2D eigenvalue weighted by Gasteiger charge is -2.14. The number of carbonyl (C=O) groups is 1. The molecule has 1 fully saturated rings. The minimum atomic E-state index is -1.35. The van der Waals surface area contributed by atoms with E-state index in [1.165, 1.54) is 0 Å². The molecule has 2 heterocycles. The summed E-state index contributed by atoms with van der Waals surface area (Å²) in [5, 5.41) is 4.76. The lowest BCUT2D eigenvalue weighted by Crippen LogP contribution is -2.23. The van der Waals surface area contributed by atoms with Crippen LogP contribution in [0.1, 0.15) is 42.3 Å². The van der Waals surface area contributed by atoms with E-state index >= 15 is 0 Å². The number of aromatic nitrogens is 2. The minimum absolute atomic E-state index is 0.123. The van der Waals surface area contributed by atoms with Crippen LogP contribution in [0.2, 0.25) is 0 Å². The van der Waals surface area contributed by atoms with Gasteiger partial charge in [0, 0.05) is 28.1 Å². The first-order valence-electron chi connectivity index (χ1n) is 13.7. The molecule has 0 bridgehead atoms. The molecule has 2 aromatic heterocycles. The molecule has 6 rings (SSSR count). The van der Waals surface area contributed by atoms with Crippen molar-refractivity contribution in [3.63, 3.8) is 0 Å². The predicted molar refractivity (Wildman–Crippen MR) is 158 cm³/mol.